The van der Waals surface area contributed by atoms with E-state index in [1.807, 2.05) is 0 Å². The molecule has 8 nitrogen and oxygen atoms in total. The van der Waals surface area contributed by atoms with E-state index in [0.29, 0.717) is 11.9 Å². The van der Waals surface area contributed by atoms with Crippen molar-refractivity contribution in [3.63, 3.8) is 0 Å². The second-order valence-corrected chi connectivity index (χ2v) is 8.16. The third-order valence-electron chi connectivity index (χ3n) is 5.96. The van der Waals surface area contributed by atoms with Crippen molar-refractivity contribution in [3.05, 3.63) is 64.6 Å². The van der Waals surface area contributed by atoms with Crippen LogP contribution in [-0.4, -0.2) is 26.3 Å². The van der Waals surface area contributed by atoms with Crippen molar-refractivity contribution < 1.29 is 14.0 Å². The van der Waals surface area contributed by atoms with Crippen molar-refractivity contribution in [1.82, 2.24) is 14.5 Å². The molecule has 1 aliphatic rings. The van der Waals surface area contributed by atoms with Gasteiger partial charge in [-0.15, -0.1) is 0 Å². The number of amides is 2. The smallest absolute Gasteiger partial charge is 0.262 e. The highest BCUT2D eigenvalue weighted by atomic mass is 19.1. The van der Waals surface area contributed by atoms with Crippen LogP contribution in [0, 0.1) is 11.7 Å². The average Bonchev–Trinajstić information content (AvgIpc) is 2.79. The van der Waals surface area contributed by atoms with Gasteiger partial charge in [0.15, 0.2) is 0 Å². The molecule has 166 valence electrons. The Kier molecular flexibility index (Phi) is 6.25. The number of nitrogens with one attached hydrogen (secondary N) is 1. The Bertz CT molecular complexity index is 1220. The summed E-state index contributed by atoms with van der Waals surface area (Å²) in [5, 5.41) is 2.81. The van der Waals surface area contributed by atoms with Crippen molar-refractivity contribution in [1.29, 1.82) is 0 Å². The summed E-state index contributed by atoms with van der Waals surface area (Å²) >= 11 is 0. The van der Waals surface area contributed by atoms with Crippen LogP contribution in [-0.2, 0) is 4.79 Å². The van der Waals surface area contributed by atoms with Crippen LogP contribution in [0.2, 0.25) is 0 Å². The Morgan fingerprint density at radius 3 is 2.69 bits per heavy atom. The summed E-state index contributed by atoms with van der Waals surface area (Å²) in [6, 6.07) is 5.78. The van der Waals surface area contributed by atoms with Crippen LogP contribution >= 0.6 is 0 Å². The first-order valence-electron chi connectivity index (χ1n) is 10.7. The van der Waals surface area contributed by atoms with Gasteiger partial charge in [-0.3, -0.25) is 19.0 Å². The number of carbonyl (C=O) groups excluding carboxylic acids is 2. The predicted molar refractivity (Wildman–Crippen MR) is 118 cm³/mol. The normalized spacial score (nSPS) is 15.4. The van der Waals surface area contributed by atoms with Crippen LogP contribution in [0.4, 0.5) is 10.2 Å². The number of fused-ring (bicyclic) bond motifs is 1. The fraction of sp³-hybridized carbons (Fsp3) is 0.348. The summed E-state index contributed by atoms with van der Waals surface area (Å²) in [6.45, 7) is 0. The highest BCUT2D eigenvalue weighted by Gasteiger charge is 2.28. The van der Waals surface area contributed by atoms with Gasteiger partial charge in [-0.1, -0.05) is 32.1 Å². The lowest BCUT2D eigenvalue weighted by Gasteiger charge is -2.27. The van der Waals surface area contributed by atoms with Gasteiger partial charge in [0, 0.05) is 11.8 Å². The molecule has 1 atom stereocenters. The number of anilines is 1. The van der Waals surface area contributed by atoms with Gasteiger partial charge in [0.25, 0.3) is 5.56 Å². The Morgan fingerprint density at radius 1 is 1.16 bits per heavy atom. The maximum absolute atomic E-state index is 13.8. The molecule has 1 unspecified atom stereocenters. The molecular weight excluding hydrogens is 413 g/mol. The third-order valence-corrected chi connectivity index (χ3v) is 5.96. The number of rotatable bonds is 6. The molecule has 1 fully saturated rings. The lowest BCUT2D eigenvalue weighted by molar-refractivity contribution is -0.120. The van der Waals surface area contributed by atoms with Gasteiger partial charge in [-0.2, -0.15) is 0 Å². The molecule has 3 N–H and O–H groups in total. The van der Waals surface area contributed by atoms with Gasteiger partial charge in [0.1, 0.15) is 17.7 Å². The Labute approximate surface area is 183 Å². The summed E-state index contributed by atoms with van der Waals surface area (Å²) in [5.74, 6) is -1.20. The summed E-state index contributed by atoms with van der Waals surface area (Å²) in [6.07, 6.45) is 8.43. The molecule has 2 aromatic heterocycles. The molecule has 0 aliphatic heterocycles. The van der Waals surface area contributed by atoms with E-state index in [1.165, 1.54) is 41.4 Å². The van der Waals surface area contributed by atoms with Crippen molar-refractivity contribution in [3.8, 4) is 0 Å². The molecule has 1 aromatic carbocycles. The van der Waals surface area contributed by atoms with Gasteiger partial charge in [0.2, 0.25) is 11.8 Å². The SMILES string of the molecule is NC(=O)c1ccnc(NC(=O)C(CC2CCCCC2)n2cnc3ccc(F)cc3c2=O)c1. The maximum atomic E-state index is 13.8. The quantitative estimate of drug-likeness (QED) is 0.614. The van der Waals surface area contributed by atoms with Crippen LogP contribution in [0.3, 0.4) is 0 Å². The van der Waals surface area contributed by atoms with Crippen LogP contribution in [0.1, 0.15) is 54.9 Å². The summed E-state index contributed by atoms with van der Waals surface area (Å²) in [5.41, 5.74) is 5.40. The first-order valence-corrected chi connectivity index (χ1v) is 10.7. The number of aromatic nitrogens is 3. The van der Waals surface area contributed by atoms with E-state index in [-0.39, 0.29) is 22.7 Å². The van der Waals surface area contributed by atoms with E-state index >= 15 is 0 Å². The fourth-order valence-corrected chi connectivity index (χ4v) is 4.28. The van der Waals surface area contributed by atoms with Gasteiger partial charge in [-0.25, -0.2) is 14.4 Å². The molecular formula is C23H24FN5O3. The molecule has 32 heavy (non-hydrogen) atoms. The van der Waals surface area contributed by atoms with Crippen LogP contribution in [0.15, 0.2) is 47.7 Å². The number of carbonyl (C=O) groups is 2. The predicted octanol–water partition coefficient (Wildman–Crippen LogP) is 3.18. The lowest BCUT2D eigenvalue weighted by atomic mass is 9.84. The van der Waals surface area contributed by atoms with E-state index < -0.39 is 29.2 Å². The van der Waals surface area contributed by atoms with E-state index in [2.05, 4.69) is 15.3 Å². The molecule has 9 heteroatoms. The summed E-state index contributed by atoms with van der Waals surface area (Å²) < 4.78 is 15.0. The molecule has 3 aromatic rings. The molecule has 1 saturated carbocycles. The van der Waals surface area contributed by atoms with Crippen LogP contribution < -0.4 is 16.6 Å². The van der Waals surface area contributed by atoms with E-state index in [0.717, 1.165) is 38.2 Å². The monoisotopic (exact) mass is 437 g/mol. The average molecular weight is 437 g/mol. The van der Waals surface area contributed by atoms with Crippen LogP contribution in [0.25, 0.3) is 10.9 Å². The maximum Gasteiger partial charge on any atom is 0.262 e. The second kappa shape index (κ2) is 9.25. The molecule has 1 aliphatic carbocycles. The number of pyridine rings is 1. The van der Waals surface area contributed by atoms with E-state index in [9.17, 15) is 18.8 Å². The van der Waals surface area contributed by atoms with Crippen molar-refractivity contribution in [2.75, 3.05) is 5.32 Å². The van der Waals surface area contributed by atoms with Crippen molar-refractivity contribution in [2.24, 2.45) is 11.7 Å². The number of nitrogens with two attached hydrogens (primary N) is 1. The molecule has 4 rings (SSSR count). The minimum atomic E-state index is -0.857. The van der Waals surface area contributed by atoms with Crippen LogP contribution in [0.5, 0.6) is 0 Å². The number of primary amides is 1. The molecule has 0 bridgehead atoms. The number of halogens is 1. The van der Waals surface area contributed by atoms with Gasteiger partial charge < -0.3 is 11.1 Å². The fourth-order valence-electron chi connectivity index (χ4n) is 4.28. The zero-order valence-electron chi connectivity index (χ0n) is 17.5. The highest BCUT2D eigenvalue weighted by Crippen LogP contribution is 2.31. The second-order valence-electron chi connectivity index (χ2n) is 8.16. The summed E-state index contributed by atoms with van der Waals surface area (Å²) in [7, 11) is 0. The van der Waals surface area contributed by atoms with Gasteiger partial charge in [0.05, 0.1) is 17.2 Å². The standard InChI is InChI=1S/C23H24FN5O3/c24-16-6-7-18-17(12-16)23(32)29(13-27-18)19(10-14-4-2-1-3-5-14)22(31)28-20-11-15(21(25)30)8-9-26-20/h6-9,11-14,19H,1-5,10H2,(H2,25,30)(H,26,28,31). The zero-order valence-corrected chi connectivity index (χ0v) is 17.5. The summed E-state index contributed by atoms with van der Waals surface area (Å²) in [4.78, 5) is 46.2. The van der Waals surface area contributed by atoms with E-state index in [4.69, 9.17) is 5.73 Å². The number of hydrogen-bond acceptors (Lipinski definition) is 5. The van der Waals surface area contributed by atoms with E-state index in [1.54, 1.807) is 0 Å². The molecule has 0 radical (unpaired) electrons. The van der Waals surface area contributed by atoms with Gasteiger partial charge in [-0.05, 0) is 42.7 Å². The topological polar surface area (TPSA) is 120 Å². The largest absolute Gasteiger partial charge is 0.366 e. The minimum Gasteiger partial charge on any atom is -0.366 e. The molecule has 2 amide bonds. The van der Waals surface area contributed by atoms with Crippen molar-refractivity contribution >= 4 is 28.5 Å². The lowest BCUT2D eigenvalue weighted by Crippen LogP contribution is -2.35. The van der Waals surface area contributed by atoms with Gasteiger partial charge >= 0.3 is 0 Å². The Morgan fingerprint density at radius 2 is 1.94 bits per heavy atom. The zero-order chi connectivity index (χ0) is 22.7. The number of benzene rings is 1. The number of nitrogens with zero attached hydrogens (tertiary/aromatic N) is 3. The first-order chi connectivity index (χ1) is 15.4. The first kappa shape index (κ1) is 21.6. The number of hydrogen-bond donors (Lipinski definition) is 2. The Hall–Kier alpha value is -3.62. The molecule has 0 saturated heterocycles. The minimum absolute atomic E-state index is 0.114. The third kappa shape index (κ3) is 4.66. The molecule has 0 spiro atoms. The molecule has 2 heterocycles. The van der Waals surface area contributed by atoms with Crippen molar-refractivity contribution in [2.45, 2.75) is 44.6 Å². The Balaban J connectivity index is 1.70. The highest BCUT2D eigenvalue weighted by molar-refractivity contribution is 5.96.